The van der Waals surface area contributed by atoms with Crippen molar-refractivity contribution in [3.8, 4) is 0 Å². The summed E-state index contributed by atoms with van der Waals surface area (Å²) in [5.41, 5.74) is 0.879. The molecule has 1 rings (SSSR count). The molecule has 0 spiro atoms. The van der Waals surface area contributed by atoms with Crippen molar-refractivity contribution in [2.45, 2.75) is 25.2 Å². The van der Waals surface area contributed by atoms with Gasteiger partial charge in [-0.05, 0) is 19.4 Å². The van der Waals surface area contributed by atoms with Gasteiger partial charge in [0.1, 0.15) is 11.4 Å². The number of ether oxygens (including phenoxy) is 1. The lowest BCUT2D eigenvalue weighted by atomic mass is 10.2. The number of nitrogens with two attached hydrogens (primary N) is 1. The molecule has 0 bridgehead atoms. The second-order valence-electron chi connectivity index (χ2n) is 3.96. The standard InChI is InChI=1S/C11H17N3O3S/c1-4-5-17-10(9(3)18(12,15)16)11-13-6-8(2)7-14-11/h4,6-7,9-10H,1,5H2,2-3H3,(H2,12,15,16)/t9-,10+/m1/s1. The SMILES string of the molecule is C=CCO[C@H](c1ncc(C)cn1)[C@@H](C)S(N)(=O)=O. The van der Waals surface area contributed by atoms with Crippen molar-refractivity contribution in [1.29, 1.82) is 0 Å². The predicted molar refractivity (Wildman–Crippen MR) is 68.2 cm³/mol. The highest BCUT2D eigenvalue weighted by atomic mass is 32.2. The number of hydrogen-bond acceptors (Lipinski definition) is 5. The molecule has 0 aliphatic heterocycles. The molecule has 0 saturated heterocycles. The van der Waals surface area contributed by atoms with Gasteiger partial charge in [-0.1, -0.05) is 6.08 Å². The van der Waals surface area contributed by atoms with Gasteiger partial charge in [-0.2, -0.15) is 0 Å². The van der Waals surface area contributed by atoms with E-state index in [2.05, 4.69) is 16.5 Å². The van der Waals surface area contributed by atoms with Crippen LogP contribution in [0.3, 0.4) is 0 Å². The molecule has 0 unspecified atom stereocenters. The lowest BCUT2D eigenvalue weighted by Gasteiger charge is -2.20. The summed E-state index contributed by atoms with van der Waals surface area (Å²) in [6.07, 6.45) is 3.92. The summed E-state index contributed by atoms with van der Waals surface area (Å²) in [7, 11) is -3.73. The smallest absolute Gasteiger partial charge is 0.214 e. The van der Waals surface area contributed by atoms with Gasteiger partial charge in [0.2, 0.25) is 10.0 Å². The number of aromatic nitrogens is 2. The zero-order valence-electron chi connectivity index (χ0n) is 10.4. The van der Waals surface area contributed by atoms with Crippen LogP contribution in [0.15, 0.2) is 25.0 Å². The average Bonchev–Trinajstić information content (AvgIpc) is 2.30. The van der Waals surface area contributed by atoms with Crippen LogP contribution < -0.4 is 5.14 Å². The summed E-state index contributed by atoms with van der Waals surface area (Å²) in [6, 6.07) is 0. The second-order valence-corrected chi connectivity index (χ2v) is 5.88. The third-order valence-electron chi connectivity index (χ3n) is 2.39. The van der Waals surface area contributed by atoms with Crippen molar-refractivity contribution in [2.24, 2.45) is 5.14 Å². The number of rotatable bonds is 6. The van der Waals surface area contributed by atoms with Gasteiger partial charge in [-0.25, -0.2) is 23.5 Å². The number of sulfonamides is 1. The van der Waals surface area contributed by atoms with E-state index in [1.807, 2.05) is 6.92 Å². The minimum atomic E-state index is -3.73. The minimum absolute atomic E-state index is 0.196. The minimum Gasteiger partial charge on any atom is -0.365 e. The molecule has 0 aliphatic rings. The second kappa shape index (κ2) is 6.03. The van der Waals surface area contributed by atoms with E-state index in [4.69, 9.17) is 9.88 Å². The molecule has 1 aromatic heterocycles. The summed E-state index contributed by atoms with van der Waals surface area (Å²) in [4.78, 5) is 8.15. The molecule has 0 fully saturated rings. The van der Waals surface area contributed by atoms with Crippen LogP contribution >= 0.6 is 0 Å². The van der Waals surface area contributed by atoms with Crippen LogP contribution in [0.2, 0.25) is 0 Å². The van der Waals surface area contributed by atoms with Crippen molar-refractivity contribution in [1.82, 2.24) is 9.97 Å². The Labute approximate surface area is 107 Å². The monoisotopic (exact) mass is 271 g/mol. The van der Waals surface area contributed by atoms with Gasteiger partial charge in [-0.15, -0.1) is 6.58 Å². The molecular weight excluding hydrogens is 254 g/mol. The highest BCUT2D eigenvalue weighted by molar-refractivity contribution is 7.89. The van der Waals surface area contributed by atoms with Crippen molar-refractivity contribution in [2.75, 3.05) is 6.61 Å². The number of primary sulfonamides is 1. The van der Waals surface area contributed by atoms with E-state index in [0.29, 0.717) is 5.82 Å². The third kappa shape index (κ3) is 3.86. The molecule has 0 radical (unpaired) electrons. The Bertz CT molecular complexity index is 499. The quantitative estimate of drug-likeness (QED) is 0.769. The number of aryl methyl sites for hydroxylation is 1. The van der Waals surface area contributed by atoms with Crippen molar-refractivity contribution in [3.05, 3.63) is 36.4 Å². The van der Waals surface area contributed by atoms with Gasteiger partial charge in [-0.3, -0.25) is 0 Å². The molecule has 0 aromatic carbocycles. The van der Waals surface area contributed by atoms with Crippen LogP contribution in [0.1, 0.15) is 24.4 Å². The molecule has 2 N–H and O–H groups in total. The number of nitrogens with zero attached hydrogens (tertiary/aromatic N) is 2. The van der Waals surface area contributed by atoms with Crippen LogP contribution in [0.25, 0.3) is 0 Å². The molecule has 1 heterocycles. The molecule has 1 aromatic rings. The lowest BCUT2D eigenvalue weighted by Crippen LogP contribution is -2.33. The molecular formula is C11H17N3O3S. The van der Waals surface area contributed by atoms with E-state index >= 15 is 0 Å². The summed E-state index contributed by atoms with van der Waals surface area (Å²) < 4.78 is 28.2. The molecule has 0 saturated carbocycles. The van der Waals surface area contributed by atoms with Crippen molar-refractivity contribution < 1.29 is 13.2 Å². The maximum Gasteiger partial charge on any atom is 0.214 e. The van der Waals surface area contributed by atoms with Gasteiger partial charge in [0, 0.05) is 12.4 Å². The Balaban J connectivity index is 3.04. The van der Waals surface area contributed by atoms with E-state index in [1.54, 1.807) is 12.4 Å². The van der Waals surface area contributed by atoms with Gasteiger partial charge in [0.25, 0.3) is 0 Å². The van der Waals surface area contributed by atoms with E-state index < -0.39 is 21.4 Å². The predicted octanol–water partition coefficient (Wildman–Crippen LogP) is 0.706. The summed E-state index contributed by atoms with van der Waals surface area (Å²) in [5, 5.41) is 4.20. The van der Waals surface area contributed by atoms with Gasteiger partial charge >= 0.3 is 0 Å². The van der Waals surface area contributed by atoms with E-state index in [0.717, 1.165) is 5.56 Å². The van der Waals surface area contributed by atoms with Crippen LogP contribution in [0.5, 0.6) is 0 Å². The first-order valence-electron chi connectivity index (χ1n) is 5.39. The first-order chi connectivity index (χ1) is 8.36. The fraction of sp³-hybridized carbons (Fsp3) is 0.455. The first kappa shape index (κ1) is 14.7. The Morgan fingerprint density at radius 3 is 2.50 bits per heavy atom. The Morgan fingerprint density at radius 2 is 2.06 bits per heavy atom. The van der Waals surface area contributed by atoms with Crippen molar-refractivity contribution >= 4 is 10.0 Å². The summed E-state index contributed by atoms with van der Waals surface area (Å²) >= 11 is 0. The maximum absolute atomic E-state index is 11.4. The van der Waals surface area contributed by atoms with Crippen LogP contribution in [0, 0.1) is 6.92 Å². The van der Waals surface area contributed by atoms with Gasteiger partial charge < -0.3 is 4.74 Å². The van der Waals surface area contributed by atoms with Gasteiger partial charge in [0.15, 0.2) is 5.82 Å². The maximum atomic E-state index is 11.4. The summed E-state index contributed by atoms with van der Waals surface area (Å²) in [6.45, 7) is 7.02. The van der Waals surface area contributed by atoms with Crippen LogP contribution in [-0.4, -0.2) is 30.2 Å². The first-order valence-corrected chi connectivity index (χ1v) is 7.00. The zero-order valence-corrected chi connectivity index (χ0v) is 11.2. The topological polar surface area (TPSA) is 95.2 Å². The van der Waals surface area contributed by atoms with Crippen molar-refractivity contribution in [3.63, 3.8) is 0 Å². The zero-order chi connectivity index (χ0) is 13.8. The van der Waals surface area contributed by atoms with E-state index in [9.17, 15) is 8.42 Å². The lowest BCUT2D eigenvalue weighted by molar-refractivity contribution is 0.0669. The highest BCUT2D eigenvalue weighted by Crippen LogP contribution is 2.21. The molecule has 0 aliphatic carbocycles. The largest absolute Gasteiger partial charge is 0.365 e. The average molecular weight is 271 g/mol. The molecule has 6 nitrogen and oxygen atoms in total. The van der Waals surface area contributed by atoms with Gasteiger partial charge in [0.05, 0.1) is 6.61 Å². The van der Waals surface area contributed by atoms with Crippen LogP contribution in [0.4, 0.5) is 0 Å². The Hall–Kier alpha value is -1.31. The fourth-order valence-electron chi connectivity index (χ4n) is 1.31. The Kier molecular flexibility index (Phi) is 4.94. The third-order valence-corrected chi connectivity index (χ3v) is 3.68. The van der Waals surface area contributed by atoms with E-state index in [1.165, 1.54) is 13.0 Å². The molecule has 2 atom stereocenters. The molecule has 0 amide bonds. The molecule has 7 heteroatoms. The fourth-order valence-corrected chi connectivity index (χ4v) is 1.86. The normalized spacial score (nSPS) is 15.1. The Morgan fingerprint density at radius 1 is 1.50 bits per heavy atom. The molecule has 100 valence electrons. The molecule has 18 heavy (non-hydrogen) atoms. The number of hydrogen-bond donors (Lipinski definition) is 1. The highest BCUT2D eigenvalue weighted by Gasteiger charge is 2.30. The van der Waals surface area contributed by atoms with Crippen LogP contribution in [-0.2, 0) is 14.8 Å². The van der Waals surface area contributed by atoms with E-state index in [-0.39, 0.29) is 6.61 Å². The summed E-state index contributed by atoms with van der Waals surface area (Å²) in [5.74, 6) is 0.295.